The fourth-order valence-electron chi connectivity index (χ4n) is 2.44. The van der Waals surface area contributed by atoms with Gasteiger partial charge in [0.15, 0.2) is 0 Å². The highest BCUT2D eigenvalue weighted by Crippen LogP contribution is 2.25. The van der Waals surface area contributed by atoms with Gasteiger partial charge in [0.05, 0.1) is 12.6 Å². The fourth-order valence-corrected chi connectivity index (χ4v) is 2.44. The van der Waals surface area contributed by atoms with Gasteiger partial charge in [-0.2, -0.15) is 5.06 Å². The summed E-state index contributed by atoms with van der Waals surface area (Å²) >= 11 is 0. The van der Waals surface area contributed by atoms with E-state index in [0.29, 0.717) is 19.4 Å². The molecule has 0 amide bonds. The van der Waals surface area contributed by atoms with Gasteiger partial charge in [-0.25, -0.2) is 0 Å². The monoisotopic (exact) mass is 293 g/mol. The number of hydrogen-bond donors (Lipinski definition) is 1. The highest BCUT2D eigenvalue weighted by atomic mass is 16.5. The lowest BCUT2D eigenvalue weighted by Gasteiger charge is -2.33. The molecule has 1 aromatic rings. The summed E-state index contributed by atoms with van der Waals surface area (Å²) in [6.45, 7) is 8.27. The summed E-state index contributed by atoms with van der Waals surface area (Å²) in [7, 11) is 0. The Balaban J connectivity index is 2.69. The van der Waals surface area contributed by atoms with Gasteiger partial charge >= 0.3 is 5.97 Å². The number of hydroxylamine groups is 2. The number of carbonyl (C=O) groups is 1. The summed E-state index contributed by atoms with van der Waals surface area (Å²) in [5, 5.41) is 11.9. The van der Waals surface area contributed by atoms with Crippen LogP contribution < -0.4 is 0 Å². The Labute approximate surface area is 127 Å². The second kappa shape index (κ2) is 8.80. The molecule has 0 bridgehead atoms. The third-order valence-electron chi connectivity index (χ3n) is 3.74. The zero-order valence-electron chi connectivity index (χ0n) is 13.5. The van der Waals surface area contributed by atoms with Crippen LogP contribution in [0.15, 0.2) is 30.3 Å². The van der Waals surface area contributed by atoms with Gasteiger partial charge in [0.2, 0.25) is 0 Å². The minimum absolute atomic E-state index is 0.0791. The van der Waals surface area contributed by atoms with Crippen LogP contribution in [-0.4, -0.2) is 28.9 Å². The zero-order valence-corrected chi connectivity index (χ0v) is 13.5. The first-order chi connectivity index (χ1) is 9.97. The maximum atomic E-state index is 11.5. The predicted molar refractivity (Wildman–Crippen MR) is 83.0 cm³/mol. The van der Waals surface area contributed by atoms with Gasteiger partial charge in [0.25, 0.3) is 0 Å². The topological polar surface area (TPSA) is 49.8 Å². The molecule has 0 saturated heterocycles. The molecule has 1 aromatic carbocycles. The Hall–Kier alpha value is -1.39. The number of ether oxygens (including phenoxy) is 1. The maximum absolute atomic E-state index is 11.5. The number of nitrogens with zero attached hydrogens (tertiary/aromatic N) is 1. The lowest BCUT2D eigenvalue weighted by molar-refractivity contribution is -0.172. The summed E-state index contributed by atoms with van der Waals surface area (Å²) in [5.41, 5.74) is 1.06. The Morgan fingerprint density at radius 2 is 1.86 bits per heavy atom. The van der Waals surface area contributed by atoms with Crippen LogP contribution in [0.2, 0.25) is 0 Å². The van der Waals surface area contributed by atoms with E-state index in [2.05, 4.69) is 13.8 Å². The Bertz CT molecular complexity index is 419. The first-order valence-corrected chi connectivity index (χ1v) is 7.65. The lowest BCUT2D eigenvalue weighted by Crippen LogP contribution is -2.38. The normalized spacial score (nSPS) is 14.2. The van der Waals surface area contributed by atoms with Crippen LogP contribution in [-0.2, 0) is 9.53 Å². The summed E-state index contributed by atoms with van der Waals surface area (Å²) in [6.07, 6.45) is 0.916. The number of esters is 1. The Morgan fingerprint density at radius 3 is 2.38 bits per heavy atom. The van der Waals surface area contributed by atoms with Gasteiger partial charge in [-0.1, -0.05) is 44.2 Å². The standard InChI is InChI=1S/C17H27NO3/c1-5-21-17(19)12-11-16(13(2)3)18(20)14(4)15-9-7-6-8-10-15/h6-10,13-14,16,20H,5,11-12H2,1-4H3/t14-,16?/m1/s1. The second-order valence-electron chi connectivity index (χ2n) is 5.62. The van der Waals surface area contributed by atoms with E-state index in [1.165, 1.54) is 5.06 Å². The summed E-state index contributed by atoms with van der Waals surface area (Å²) in [6, 6.07) is 9.68. The highest BCUT2D eigenvalue weighted by molar-refractivity contribution is 5.69. The average Bonchev–Trinajstić information content (AvgIpc) is 2.47. The van der Waals surface area contributed by atoms with Gasteiger partial charge in [0, 0.05) is 12.5 Å². The van der Waals surface area contributed by atoms with E-state index in [-0.39, 0.29) is 24.0 Å². The molecule has 0 aliphatic heterocycles. The molecule has 118 valence electrons. The van der Waals surface area contributed by atoms with Crippen LogP contribution in [0.25, 0.3) is 0 Å². The lowest BCUT2D eigenvalue weighted by atomic mass is 9.96. The van der Waals surface area contributed by atoms with Crippen molar-refractivity contribution in [2.75, 3.05) is 6.61 Å². The minimum Gasteiger partial charge on any atom is -0.466 e. The van der Waals surface area contributed by atoms with Crippen LogP contribution in [0.4, 0.5) is 0 Å². The maximum Gasteiger partial charge on any atom is 0.305 e. The molecule has 0 fully saturated rings. The largest absolute Gasteiger partial charge is 0.466 e. The van der Waals surface area contributed by atoms with E-state index >= 15 is 0 Å². The van der Waals surface area contributed by atoms with Crippen molar-refractivity contribution < 1.29 is 14.7 Å². The molecule has 1 N–H and O–H groups in total. The van der Waals surface area contributed by atoms with Crippen molar-refractivity contribution in [2.24, 2.45) is 5.92 Å². The second-order valence-corrected chi connectivity index (χ2v) is 5.62. The van der Waals surface area contributed by atoms with Crippen molar-refractivity contribution in [2.45, 2.75) is 52.6 Å². The molecule has 0 spiro atoms. The van der Waals surface area contributed by atoms with E-state index in [0.717, 1.165) is 5.56 Å². The smallest absolute Gasteiger partial charge is 0.305 e. The predicted octanol–water partition coefficient (Wildman–Crippen LogP) is 3.81. The van der Waals surface area contributed by atoms with Gasteiger partial charge in [-0.3, -0.25) is 4.79 Å². The molecule has 0 heterocycles. The van der Waals surface area contributed by atoms with E-state index in [9.17, 15) is 10.0 Å². The van der Waals surface area contributed by atoms with Crippen molar-refractivity contribution >= 4 is 5.97 Å². The molecule has 21 heavy (non-hydrogen) atoms. The molecule has 0 saturated carbocycles. The van der Waals surface area contributed by atoms with Crippen molar-refractivity contribution in [1.29, 1.82) is 0 Å². The van der Waals surface area contributed by atoms with Gasteiger partial charge in [0.1, 0.15) is 0 Å². The molecular formula is C17H27NO3. The van der Waals surface area contributed by atoms with Crippen molar-refractivity contribution in [3.8, 4) is 0 Å². The molecule has 4 nitrogen and oxygen atoms in total. The van der Waals surface area contributed by atoms with Gasteiger partial charge < -0.3 is 9.94 Å². The highest BCUT2D eigenvalue weighted by Gasteiger charge is 2.26. The molecular weight excluding hydrogens is 266 g/mol. The molecule has 0 radical (unpaired) electrons. The Kier molecular flexibility index (Phi) is 7.40. The number of carbonyl (C=O) groups excluding carboxylic acids is 1. The van der Waals surface area contributed by atoms with Crippen molar-refractivity contribution in [1.82, 2.24) is 5.06 Å². The van der Waals surface area contributed by atoms with Crippen molar-refractivity contribution in [3.63, 3.8) is 0 Å². The Morgan fingerprint density at radius 1 is 1.24 bits per heavy atom. The van der Waals surface area contributed by atoms with Crippen LogP contribution in [0, 0.1) is 5.92 Å². The summed E-state index contributed by atoms with van der Waals surface area (Å²) < 4.78 is 4.96. The number of rotatable bonds is 8. The number of benzene rings is 1. The molecule has 0 aromatic heterocycles. The first-order valence-electron chi connectivity index (χ1n) is 7.65. The van der Waals surface area contributed by atoms with E-state index in [1.807, 2.05) is 37.3 Å². The van der Waals surface area contributed by atoms with Crippen LogP contribution in [0.3, 0.4) is 0 Å². The molecule has 1 unspecified atom stereocenters. The van der Waals surface area contributed by atoms with Crippen LogP contribution in [0.1, 0.15) is 52.1 Å². The van der Waals surface area contributed by atoms with Crippen molar-refractivity contribution in [3.05, 3.63) is 35.9 Å². The third-order valence-corrected chi connectivity index (χ3v) is 3.74. The average molecular weight is 293 g/mol. The summed E-state index contributed by atoms with van der Waals surface area (Å²) in [5.74, 6) is 0.0412. The van der Waals surface area contributed by atoms with E-state index in [1.54, 1.807) is 6.92 Å². The molecule has 4 heteroatoms. The van der Waals surface area contributed by atoms with Gasteiger partial charge in [-0.15, -0.1) is 0 Å². The first kappa shape index (κ1) is 17.7. The third kappa shape index (κ3) is 5.48. The summed E-state index contributed by atoms with van der Waals surface area (Å²) in [4.78, 5) is 11.5. The quantitative estimate of drug-likeness (QED) is 0.585. The van der Waals surface area contributed by atoms with Crippen LogP contribution >= 0.6 is 0 Å². The SMILES string of the molecule is CCOC(=O)CCC(C(C)C)N(O)[C@H](C)c1ccccc1. The van der Waals surface area contributed by atoms with Crippen LogP contribution in [0.5, 0.6) is 0 Å². The van der Waals surface area contributed by atoms with E-state index in [4.69, 9.17) is 4.74 Å². The minimum atomic E-state index is -0.205. The molecule has 0 aliphatic carbocycles. The molecule has 1 rings (SSSR count). The van der Waals surface area contributed by atoms with Gasteiger partial charge in [-0.05, 0) is 31.7 Å². The zero-order chi connectivity index (χ0) is 15.8. The fraction of sp³-hybridized carbons (Fsp3) is 0.588. The van der Waals surface area contributed by atoms with E-state index < -0.39 is 0 Å². The number of hydrogen-bond acceptors (Lipinski definition) is 4. The molecule has 0 aliphatic rings. The molecule has 2 atom stereocenters.